The number of ether oxygens (including phenoxy) is 1. The van der Waals surface area contributed by atoms with Gasteiger partial charge < -0.3 is 15.5 Å². The summed E-state index contributed by atoms with van der Waals surface area (Å²) in [4.78, 5) is 18.6. The summed E-state index contributed by atoms with van der Waals surface area (Å²) >= 11 is 5.80. The van der Waals surface area contributed by atoms with Gasteiger partial charge in [0.1, 0.15) is 5.75 Å². The maximum absolute atomic E-state index is 13.2. The predicted molar refractivity (Wildman–Crippen MR) is 76.9 cm³/mol. The number of nitrogens with zero attached hydrogens (tertiary/aromatic N) is 1. The van der Waals surface area contributed by atoms with Crippen LogP contribution in [0.25, 0.3) is 10.9 Å². The van der Waals surface area contributed by atoms with Crippen LogP contribution in [0, 0.1) is 5.82 Å². The van der Waals surface area contributed by atoms with Crippen LogP contribution in [-0.2, 0) is 0 Å². The number of nitrogens with two attached hydrogens (primary N) is 1. The highest BCUT2D eigenvalue weighted by molar-refractivity contribution is 6.35. The fourth-order valence-electron chi connectivity index (χ4n) is 1.87. The summed E-state index contributed by atoms with van der Waals surface area (Å²) in [5.74, 6) is -1.28. The summed E-state index contributed by atoms with van der Waals surface area (Å²) in [5, 5.41) is 0.720. The molecule has 0 bridgehead atoms. The van der Waals surface area contributed by atoms with E-state index in [-0.39, 0.29) is 16.4 Å². The van der Waals surface area contributed by atoms with Crippen molar-refractivity contribution >= 4 is 34.2 Å². The minimum atomic E-state index is -0.808. The van der Waals surface area contributed by atoms with Crippen LogP contribution in [0.4, 0.5) is 10.1 Å². The number of hydrogen-bond donors (Lipinski definition) is 2. The van der Waals surface area contributed by atoms with Crippen molar-refractivity contribution in [2.45, 2.75) is 0 Å². The molecule has 0 unspecified atom stereocenters. The first-order valence-electron chi connectivity index (χ1n) is 5.95. The molecule has 0 fully saturated rings. The van der Waals surface area contributed by atoms with E-state index in [9.17, 15) is 9.18 Å². The standard InChI is InChI=1S/C14H9ClFN3O2/c15-11-12(17)9(16)6-19-13(11)14(20)21-8-2-1-7-3-4-18-10(7)5-8/h1-6,18H,(H2,17,19). The molecule has 2 heterocycles. The number of hydrogen-bond acceptors (Lipinski definition) is 4. The third-order valence-electron chi connectivity index (χ3n) is 2.94. The van der Waals surface area contributed by atoms with Crippen molar-refractivity contribution in [3.63, 3.8) is 0 Å². The minimum absolute atomic E-state index is 0.234. The van der Waals surface area contributed by atoms with Gasteiger partial charge in [0.15, 0.2) is 11.5 Å². The number of nitrogens with one attached hydrogen (secondary N) is 1. The van der Waals surface area contributed by atoms with E-state index in [0.29, 0.717) is 5.75 Å². The second-order valence-corrected chi connectivity index (χ2v) is 4.68. The molecule has 0 spiro atoms. The molecule has 0 atom stereocenters. The van der Waals surface area contributed by atoms with Crippen molar-refractivity contribution in [2.75, 3.05) is 5.73 Å². The molecule has 3 rings (SSSR count). The number of H-pyrrole nitrogens is 1. The van der Waals surface area contributed by atoms with Crippen LogP contribution in [0.5, 0.6) is 5.75 Å². The summed E-state index contributed by atoms with van der Waals surface area (Å²) in [6.45, 7) is 0. The highest BCUT2D eigenvalue weighted by atomic mass is 35.5. The zero-order valence-corrected chi connectivity index (χ0v) is 11.3. The Labute approximate surface area is 123 Å². The SMILES string of the molecule is Nc1c(F)cnc(C(=O)Oc2ccc3cc[nH]c3c2)c1Cl. The molecule has 0 aliphatic rings. The lowest BCUT2D eigenvalue weighted by molar-refractivity contribution is 0.0729. The predicted octanol–water partition coefficient (Wildman–Crippen LogP) is 3.16. The van der Waals surface area contributed by atoms with Gasteiger partial charge in [-0.3, -0.25) is 0 Å². The zero-order valence-electron chi connectivity index (χ0n) is 10.6. The van der Waals surface area contributed by atoms with E-state index in [1.807, 2.05) is 6.07 Å². The zero-order chi connectivity index (χ0) is 15.0. The highest BCUT2D eigenvalue weighted by Gasteiger charge is 2.19. The van der Waals surface area contributed by atoms with Gasteiger partial charge in [-0.15, -0.1) is 0 Å². The van der Waals surface area contributed by atoms with Crippen LogP contribution < -0.4 is 10.5 Å². The fraction of sp³-hybridized carbons (Fsp3) is 0. The van der Waals surface area contributed by atoms with Gasteiger partial charge in [0.25, 0.3) is 0 Å². The number of aromatic nitrogens is 2. The van der Waals surface area contributed by atoms with Crippen molar-refractivity contribution in [1.29, 1.82) is 0 Å². The maximum atomic E-state index is 13.2. The van der Waals surface area contributed by atoms with Crippen molar-refractivity contribution < 1.29 is 13.9 Å². The molecule has 2 aromatic heterocycles. The van der Waals surface area contributed by atoms with Crippen LogP contribution in [0.1, 0.15) is 10.5 Å². The smallest absolute Gasteiger partial charge is 0.363 e. The van der Waals surface area contributed by atoms with E-state index in [4.69, 9.17) is 22.1 Å². The lowest BCUT2D eigenvalue weighted by Crippen LogP contribution is -2.13. The first-order chi connectivity index (χ1) is 10.1. The van der Waals surface area contributed by atoms with Gasteiger partial charge in [-0.2, -0.15) is 0 Å². The number of aromatic amines is 1. The second-order valence-electron chi connectivity index (χ2n) is 4.30. The molecular weight excluding hydrogens is 297 g/mol. The Morgan fingerprint density at radius 1 is 1.38 bits per heavy atom. The third-order valence-corrected chi connectivity index (χ3v) is 3.32. The highest BCUT2D eigenvalue weighted by Crippen LogP contribution is 2.26. The number of pyridine rings is 1. The normalized spacial score (nSPS) is 10.8. The Morgan fingerprint density at radius 2 is 2.19 bits per heavy atom. The van der Waals surface area contributed by atoms with Crippen molar-refractivity contribution in [2.24, 2.45) is 0 Å². The minimum Gasteiger partial charge on any atom is -0.422 e. The van der Waals surface area contributed by atoms with Crippen LogP contribution >= 0.6 is 11.6 Å². The molecular formula is C14H9ClFN3O2. The number of carbonyl (C=O) groups excluding carboxylic acids is 1. The number of rotatable bonds is 2. The monoisotopic (exact) mass is 305 g/mol. The van der Waals surface area contributed by atoms with Crippen LogP contribution in [0.2, 0.25) is 5.02 Å². The summed E-state index contributed by atoms with van der Waals surface area (Å²) in [6, 6.07) is 6.98. The average Bonchev–Trinajstić information content (AvgIpc) is 2.92. The molecule has 0 aliphatic heterocycles. The quantitative estimate of drug-likeness (QED) is 0.563. The van der Waals surface area contributed by atoms with E-state index in [1.165, 1.54) is 0 Å². The number of benzene rings is 1. The third kappa shape index (κ3) is 2.41. The van der Waals surface area contributed by atoms with Gasteiger partial charge in [0.05, 0.1) is 16.9 Å². The Bertz CT molecular complexity index is 847. The van der Waals surface area contributed by atoms with Gasteiger partial charge in [0, 0.05) is 17.8 Å². The number of nitrogen functional groups attached to an aromatic ring is 1. The summed E-state index contributed by atoms with van der Waals surface area (Å²) in [5.41, 5.74) is 5.66. The second kappa shape index (κ2) is 5.06. The largest absolute Gasteiger partial charge is 0.422 e. The van der Waals surface area contributed by atoms with Gasteiger partial charge in [-0.05, 0) is 23.6 Å². The lowest BCUT2D eigenvalue weighted by Gasteiger charge is -2.07. The molecule has 3 N–H and O–H groups in total. The van der Waals surface area contributed by atoms with E-state index in [2.05, 4.69) is 9.97 Å². The summed E-state index contributed by atoms with van der Waals surface area (Å²) in [6.07, 6.45) is 2.60. The molecule has 3 aromatic rings. The van der Waals surface area contributed by atoms with Gasteiger partial charge in [-0.1, -0.05) is 11.6 Å². The number of carbonyl (C=O) groups is 1. The average molecular weight is 306 g/mol. The first kappa shape index (κ1) is 13.4. The van der Waals surface area contributed by atoms with Gasteiger partial charge in [-0.25, -0.2) is 14.2 Å². The summed E-state index contributed by atoms with van der Waals surface area (Å²) < 4.78 is 18.3. The molecule has 1 aromatic carbocycles. The van der Waals surface area contributed by atoms with Gasteiger partial charge in [0.2, 0.25) is 0 Å². The number of fused-ring (bicyclic) bond motifs is 1. The molecule has 106 valence electrons. The van der Waals surface area contributed by atoms with Gasteiger partial charge >= 0.3 is 5.97 Å². The van der Waals surface area contributed by atoms with E-state index in [1.54, 1.807) is 24.4 Å². The topological polar surface area (TPSA) is 81.0 Å². The van der Waals surface area contributed by atoms with Crippen molar-refractivity contribution in [3.8, 4) is 5.75 Å². The van der Waals surface area contributed by atoms with Crippen LogP contribution in [-0.4, -0.2) is 15.9 Å². The molecule has 0 aliphatic carbocycles. The van der Waals surface area contributed by atoms with E-state index in [0.717, 1.165) is 17.1 Å². The Kier molecular flexibility index (Phi) is 3.23. The molecule has 0 saturated heterocycles. The molecule has 21 heavy (non-hydrogen) atoms. The first-order valence-corrected chi connectivity index (χ1v) is 6.33. The number of esters is 1. The molecule has 5 nitrogen and oxygen atoms in total. The van der Waals surface area contributed by atoms with E-state index >= 15 is 0 Å². The Morgan fingerprint density at radius 3 is 3.00 bits per heavy atom. The Hall–Kier alpha value is -2.60. The van der Waals surface area contributed by atoms with Crippen LogP contribution in [0.3, 0.4) is 0 Å². The van der Waals surface area contributed by atoms with E-state index < -0.39 is 11.8 Å². The number of halogens is 2. The maximum Gasteiger partial charge on any atom is 0.363 e. The molecule has 7 heteroatoms. The number of anilines is 1. The lowest BCUT2D eigenvalue weighted by atomic mass is 10.2. The molecule has 0 radical (unpaired) electrons. The van der Waals surface area contributed by atoms with Crippen LogP contribution in [0.15, 0.2) is 36.7 Å². The Balaban J connectivity index is 1.90. The van der Waals surface area contributed by atoms with Crippen molar-refractivity contribution in [1.82, 2.24) is 9.97 Å². The molecule has 0 saturated carbocycles. The van der Waals surface area contributed by atoms with Crippen molar-refractivity contribution in [3.05, 3.63) is 53.2 Å². The summed E-state index contributed by atoms with van der Waals surface area (Å²) in [7, 11) is 0. The molecule has 0 amide bonds. The fourth-order valence-corrected chi connectivity index (χ4v) is 2.08.